The molecule has 5 heteroatoms. The number of nitrogens with one attached hydrogen (secondary N) is 1. The van der Waals surface area contributed by atoms with Crippen molar-refractivity contribution < 1.29 is 9.53 Å². The number of halogens is 1. The summed E-state index contributed by atoms with van der Waals surface area (Å²) in [6.45, 7) is 7.68. The zero-order valence-corrected chi connectivity index (χ0v) is 22.3. The van der Waals surface area contributed by atoms with E-state index in [1.807, 2.05) is 32.9 Å². The van der Waals surface area contributed by atoms with Crippen LogP contribution in [0.5, 0.6) is 0 Å². The first-order chi connectivity index (χ1) is 13.3. The van der Waals surface area contributed by atoms with E-state index in [1.54, 1.807) is 0 Å². The SMILES string of the molecule is CC(NC(=O)OC(C)(C)C)C(Cc1ccc(Cl)cc1)c1ccc[c]([Sn]([CH3])([CH3])[CH3])c1. The summed E-state index contributed by atoms with van der Waals surface area (Å²) in [4.78, 5) is 19.7. The van der Waals surface area contributed by atoms with Crippen molar-refractivity contribution in [2.45, 2.75) is 66.5 Å². The van der Waals surface area contributed by atoms with Gasteiger partial charge in [0.2, 0.25) is 0 Å². The maximum absolute atomic E-state index is 12.4. The number of hydrogen-bond donors (Lipinski definition) is 1. The third-order valence-corrected chi connectivity index (χ3v) is 11.0. The fourth-order valence-corrected chi connectivity index (χ4v) is 6.83. The van der Waals surface area contributed by atoms with Crippen LogP contribution in [0.3, 0.4) is 0 Å². The van der Waals surface area contributed by atoms with Gasteiger partial charge < -0.3 is 0 Å². The third-order valence-electron chi connectivity index (χ3n) is 4.90. The van der Waals surface area contributed by atoms with E-state index in [4.69, 9.17) is 16.3 Å². The molecular formula is C24H34ClNO2Sn. The van der Waals surface area contributed by atoms with E-state index < -0.39 is 24.0 Å². The Morgan fingerprint density at radius 1 is 1.10 bits per heavy atom. The summed E-state index contributed by atoms with van der Waals surface area (Å²) >= 11 is 3.86. The standard InChI is InChI=1S/C21H25ClNO2.3CH3.Sn/c1-15(23-20(24)25-21(2,3)4)19(17-8-6-5-7-9-17)14-16-10-12-18(22)13-11-16;;;;/h5-6,8-13,15,19H,14H2,1-4H3,(H,23,24);3*1H3;. The summed E-state index contributed by atoms with van der Waals surface area (Å²) in [7, 11) is 0. The van der Waals surface area contributed by atoms with E-state index in [9.17, 15) is 4.79 Å². The van der Waals surface area contributed by atoms with Gasteiger partial charge in [-0.05, 0) is 0 Å². The zero-order chi connectivity index (χ0) is 21.8. The summed E-state index contributed by atoms with van der Waals surface area (Å²) in [5.74, 6) is 0.136. The van der Waals surface area contributed by atoms with E-state index >= 15 is 0 Å². The number of benzene rings is 2. The van der Waals surface area contributed by atoms with Crippen molar-refractivity contribution in [3.05, 3.63) is 64.7 Å². The molecule has 1 amide bonds. The Morgan fingerprint density at radius 2 is 1.72 bits per heavy atom. The van der Waals surface area contributed by atoms with E-state index in [0.29, 0.717) is 0 Å². The molecule has 0 radical (unpaired) electrons. The fraction of sp³-hybridized carbons (Fsp3) is 0.458. The molecule has 2 rings (SSSR count). The number of ether oxygens (including phenoxy) is 1. The molecule has 0 heterocycles. The van der Waals surface area contributed by atoms with Crippen molar-refractivity contribution in [2.24, 2.45) is 0 Å². The molecule has 2 unspecified atom stereocenters. The van der Waals surface area contributed by atoms with Gasteiger partial charge in [0.25, 0.3) is 0 Å². The molecule has 0 spiro atoms. The van der Waals surface area contributed by atoms with Crippen molar-refractivity contribution in [2.75, 3.05) is 0 Å². The molecular weight excluding hydrogens is 488 g/mol. The second-order valence-corrected chi connectivity index (χ2v) is 24.7. The predicted octanol–water partition coefficient (Wildman–Crippen LogP) is 6.12. The molecule has 3 nitrogen and oxygen atoms in total. The summed E-state index contributed by atoms with van der Waals surface area (Å²) in [6.07, 6.45) is 0.439. The first kappa shape index (κ1) is 24.1. The van der Waals surface area contributed by atoms with Gasteiger partial charge in [-0.3, -0.25) is 0 Å². The second-order valence-electron chi connectivity index (χ2n) is 9.75. The number of amides is 1. The normalized spacial score (nSPS) is 14.2. The molecule has 2 atom stereocenters. The quantitative estimate of drug-likeness (QED) is 0.464. The maximum atomic E-state index is 12.4. The Labute approximate surface area is 185 Å². The van der Waals surface area contributed by atoms with Crippen LogP contribution in [0, 0.1) is 0 Å². The molecule has 29 heavy (non-hydrogen) atoms. The average Bonchev–Trinajstić information content (AvgIpc) is 2.58. The minimum atomic E-state index is -2.20. The van der Waals surface area contributed by atoms with Gasteiger partial charge in [0.15, 0.2) is 0 Å². The van der Waals surface area contributed by atoms with Crippen LogP contribution in [0.4, 0.5) is 4.79 Å². The Balaban J connectivity index is 2.32. The number of carbonyl (C=O) groups excluding carboxylic acids is 1. The van der Waals surface area contributed by atoms with Gasteiger partial charge >= 0.3 is 186 Å². The summed E-state index contributed by atoms with van der Waals surface area (Å²) in [6, 6.07) is 16.8. The van der Waals surface area contributed by atoms with E-state index in [0.717, 1.165) is 11.4 Å². The first-order valence-corrected chi connectivity index (χ1v) is 20.6. The van der Waals surface area contributed by atoms with Crippen LogP contribution < -0.4 is 8.90 Å². The number of rotatable bonds is 6. The molecule has 0 aromatic heterocycles. The Kier molecular flexibility index (Phi) is 8.08. The molecule has 0 aliphatic carbocycles. The summed E-state index contributed by atoms with van der Waals surface area (Å²) < 4.78 is 6.97. The molecule has 158 valence electrons. The fourth-order valence-electron chi connectivity index (χ4n) is 3.29. The number of alkyl carbamates (subject to hydrolysis) is 1. The van der Waals surface area contributed by atoms with Crippen molar-refractivity contribution in [3.8, 4) is 0 Å². The molecule has 1 N–H and O–H groups in total. The van der Waals surface area contributed by atoms with Gasteiger partial charge in [0, 0.05) is 0 Å². The monoisotopic (exact) mass is 523 g/mol. The van der Waals surface area contributed by atoms with Gasteiger partial charge in [0.05, 0.1) is 0 Å². The molecule has 0 bridgehead atoms. The second kappa shape index (κ2) is 9.74. The van der Waals surface area contributed by atoms with Crippen LogP contribution in [-0.4, -0.2) is 36.1 Å². The van der Waals surface area contributed by atoms with Crippen LogP contribution in [0.2, 0.25) is 19.8 Å². The van der Waals surface area contributed by atoms with Crippen LogP contribution in [-0.2, 0) is 11.2 Å². The Hall–Kier alpha value is -1.20. The molecule has 0 saturated carbocycles. The molecule has 0 fully saturated rings. The van der Waals surface area contributed by atoms with Crippen LogP contribution in [0.15, 0.2) is 48.5 Å². The molecule has 2 aromatic carbocycles. The van der Waals surface area contributed by atoms with Crippen LogP contribution in [0.1, 0.15) is 44.7 Å². The van der Waals surface area contributed by atoms with Gasteiger partial charge in [-0.1, -0.05) is 0 Å². The van der Waals surface area contributed by atoms with Gasteiger partial charge in [0.1, 0.15) is 0 Å². The summed E-state index contributed by atoms with van der Waals surface area (Å²) in [5.41, 5.74) is 1.94. The van der Waals surface area contributed by atoms with E-state index in [-0.39, 0.29) is 18.1 Å². The van der Waals surface area contributed by atoms with Crippen molar-refractivity contribution in [1.82, 2.24) is 5.32 Å². The van der Waals surface area contributed by atoms with Crippen molar-refractivity contribution in [3.63, 3.8) is 0 Å². The summed E-state index contributed by atoms with van der Waals surface area (Å²) in [5, 5.41) is 3.79. The molecule has 0 saturated heterocycles. The first-order valence-electron chi connectivity index (χ1n) is 10.2. The van der Waals surface area contributed by atoms with E-state index in [1.165, 1.54) is 14.7 Å². The molecule has 0 aliphatic heterocycles. The van der Waals surface area contributed by atoms with Gasteiger partial charge in [-0.25, -0.2) is 0 Å². The van der Waals surface area contributed by atoms with Crippen molar-refractivity contribution in [1.29, 1.82) is 0 Å². The van der Waals surface area contributed by atoms with E-state index in [2.05, 4.69) is 63.5 Å². The Bertz CT molecular complexity index is 822. The third kappa shape index (κ3) is 7.86. The van der Waals surface area contributed by atoms with Crippen LogP contribution in [0.25, 0.3) is 0 Å². The van der Waals surface area contributed by atoms with Crippen molar-refractivity contribution >= 4 is 39.7 Å². The number of carbonyl (C=O) groups is 1. The topological polar surface area (TPSA) is 38.3 Å². The minimum absolute atomic E-state index is 0.0778. The Morgan fingerprint density at radius 3 is 2.28 bits per heavy atom. The van der Waals surface area contributed by atoms with Gasteiger partial charge in [-0.2, -0.15) is 0 Å². The molecule has 2 aromatic rings. The average molecular weight is 523 g/mol. The van der Waals surface area contributed by atoms with Crippen LogP contribution >= 0.6 is 11.6 Å². The molecule has 0 aliphatic rings. The zero-order valence-electron chi connectivity index (χ0n) is 18.7. The van der Waals surface area contributed by atoms with Gasteiger partial charge in [-0.15, -0.1) is 0 Å². The predicted molar refractivity (Wildman–Crippen MR) is 126 cm³/mol. The number of hydrogen-bond acceptors (Lipinski definition) is 2.